The first kappa shape index (κ1) is 19.1. The lowest BCUT2D eigenvalue weighted by Gasteiger charge is -2.19. The molecular weight excluding hydrogens is 340 g/mol. The van der Waals surface area contributed by atoms with Gasteiger partial charge in [0.1, 0.15) is 17.5 Å². The molecule has 25 heavy (non-hydrogen) atoms. The van der Waals surface area contributed by atoms with Gasteiger partial charge in [-0.3, -0.25) is 4.79 Å². The number of nitrogens with two attached hydrogens (primary N) is 1. The summed E-state index contributed by atoms with van der Waals surface area (Å²) in [7, 11) is 3.20. The van der Waals surface area contributed by atoms with Crippen molar-refractivity contribution in [2.24, 2.45) is 0 Å². The van der Waals surface area contributed by atoms with Gasteiger partial charge < -0.3 is 20.1 Å². The first-order valence-corrected chi connectivity index (χ1v) is 8.46. The number of halogens is 1. The van der Waals surface area contributed by atoms with E-state index in [2.05, 4.69) is 5.32 Å². The molecule has 0 aliphatic carbocycles. The highest BCUT2D eigenvalue weighted by molar-refractivity contribution is 6.31. The summed E-state index contributed by atoms with van der Waals surface area (Å²) in [5.41, 5.74) is 1.61. The van der Waals surface area contributed by atoms with Gasteiger partial charge in [-0.15, -0.1) is 0 Å². The number of hydrogen-bond donors (Lipinski definition) is 2. The van der Waals surface area contributed by atoms with Crippen LogP contribution in [-0.4, -0.2) is 26.2 Å². The molecule has 0 unspecified atom stereocenters. The van der Waals surface area contributed by atoms with Crippen LogP contribution < -0.4 is 20.1 Å². The van der Waals surface area contributed by atoms with E-state index < -0.39 is 0 Å². The molecule has 5 nitrogen and oxygen atoms in total. The fourth-order valence-electron chi connectivity index (χ4n) is 2.69. The number of anilines is 1. The molecule has 0 saturated heterocycles. The number of benzene rings is 2. The average Bonchev–Trinajstić information content (AvgIpc) is 2.61. The van der Waals surface area contributed by atoms with Crippen LogP contribution in [0.5, 0.6) is 11.5 Å². The minimum atomic E-state index is -0.302. The minimum absolute atomic E-state index is 0.0677. The summed E-state index contributed by atoms with van der Waals surface area (Å²) in [4.78, 5) is 12.5. The molecule has 0 saturated carbocycles. The predicted molar refractivity (Wildman–Crippen MR) is 99.4 cm³/mol. The van der Waals surface area contributed by atoms with Crippen LogP contribution in [-0.2, 0) is 4.79 Å². The first-order chi connectivity index (χ1) is 12.0. The molecule has 2 aromatic rings. The molecular formula is C19H24ClN2O3+. The first-order valence-electron chi connectivity index (χ1n) is 8.08. The van der Waals surface area contributed by atoms with Gasteiger partial charge in [0.15, 0.2) is 6.04 Å². The van der Waals surface area contributed by atoms with Crippen molar-refractivity contribution in [1.29, 1.82) is 0 Å². The molecule has 0 aromatic heterocycles. The van der Waals surface area contributed by atoms with Gasteiger partial charge in [0.25, 0.3) is 5.91 Å². The van der Waals surface area contributed by atoms with Gasteiger partial charge >= 0.3 is 0 Å². The van der Waals surface area contributed by atoms with Crippen LogP contribution in [0.25, 0.3) is 0 Å². The third-order valence-corrected chi connectivity index (χ3v) is 4.27. The van der Waals surface area contributed by atoms with Crippen LogP contribution in [0.4, 0.5) is 5.69 Å². The van der Waals surface area contributed by atoms with E-state index in [-0.39, 0.29) is 18.0 Å². The topological polar surface area (TPSA) is 64.2 Å². The molecule has 2 atom stereocenters. The molecule has 2 aromatic carbocycles. The highest BCUT2D eigenvalue weighted by Gasteiger charge is 2.23. The summed E-state index contributed by atoms with van der Waals surface area (Å²) in [6.07, 6.45) is 0. The average molecular weight is 364 g/mol. The minimum Gasteiger partial charge on any atom is -0.496 e. The summed E-state index contributed by atoms with van der Waals surface area (Å²) in [6.45, 7) is 3.90. The number of carbonyl (C=O) groups excluding carboxylic acids is 1. The largest absolute Gasteiger partial charge is 0.496 e. The number of methoxy groups -OCH3 is 2. The summed E-state index contributed by atoms with van der Waals surface area (Å²) < 4.78 is 10.7. The van der Waals surface area contributed by atoms with Crippen molar-refractivity contribution < 1.29 is 19.6 Å². The van der Waals surface area contributed by atoms with Gasteiger partial charge in [0.05, 0.1) is 25.5 Å². The van der Waals surface area contributed by atoms with E-state index in [1.165, 1.54) is 0 Å². The zero-order chi connectivity index (χ0) is 18.4. The highest BCUT2D eigenvalue weighted by Crippen LogP contribution is 2.27. The Balaban J connectivity index is 2.06. The third-order valence-electron chi connectivity index (χ3n) is 4.04. The second-order valence-electron chi connectivity index (χ2n) is 5.85. The van der Waals surface area contributed by atoms with Gasteiger partial charge in [-0.25, -0.2) is 0 Å². The SMILES string of the molecule is COc1ccc(Cl)cc1NC(=O)[C@@H](C)[NH2+][C@@H](C)c1ccccc1OC. The monoisotopic (exact) mass is 363 g/mol. The second-order valence-corrected chi connectivity index (χ2v) is 6.28. The summed E-state index contributed by atoms with van der Waals surface area (Å²) in [5.74, 6) is 1.26. The van der Waals surface area contributed by atoms with Crippen LogP contribution in [0.2, 0.25) is 5.02 Å². The molecule has 1 amide bonds. The van der Waals surface area contributed by atoms with E-state index in [4.69, 9.17) is 21.1 Å². The summed E-state index contributed by atoms with van der Waals surface area (Å²) in [6, 6.07) is 12.7. The Kier molecular flexibility index (Phi) is 6.67. The van der Waals surface area contributed by atoms with Gasteiger partial charge in [-0.05, 0) is 44.2 Å². The maximum Gasteiger partial charge on any atom is 0.282 e. The number of carbonyl (C=O) groups is 1. The lowest BCUT2D eigenvalue weighted by atomic mass is 10.1. The van der Waals surface area contributed by atoms with Crippen molar-refractivity contribution in [2.75, 3.05) is 19.5 Å². The number of para-hydroxylation sites is 1. The summed E-state index contributed by atoms with van der Waals surface area (Å²) >= 11 is 6.01. The maximum absolute atomic E-state index is 12.5. The van der Waals surface area contributed by atoms with Crippen molar-refractivity contribution in [3.05, 3.63) is 53.1 Å². The van der Waals surface area contributed by atoms with Crippen molar-refractivity contribution in [2.45, 2.75) is 25.9 Å². The van der Waals surface area contributed by atoms with Gasteiger partial charge in [-0.1, -0.05) is 23.7 Å². The quantitative estimate of drug-likeness (QED) is 0.794. The van der Waals surface area contributed by atoms with Crippen molar-refractivity contribution in [3.8, 4) is 11.5 Å². The number of ether oxygens (including phenoxy) is 2. The Bertz CT molecular complexity index is 736. The molecule has 2 rings (SSSR count). The number of rotatable bonds is 7. The fraction of sp³-hybridized carbons (Fsp3) is 0.316. The maximum atomic E-state index is 12.5. The normalized spacial score (nSPS) is 13.0. The standard InChI is InChI=1S/C19H23ClN2O3/c1-12(15-7-5-6-8-17(15)24-3)21-13(2)19(23)22-16-11-14(20)9-10-18(16)25-4/h5-13,21H,1-4H3,(H,22,23)/p+1/t12-,13+/m0/s1. The third kappa shape index (κ3) is 4.87. The Morgan fingerprint density at radius 1 is 1.08 bits per heavy atom. The zero-order valence-electron chi connectivity index (χ0n) is 14.9. The van der Waals surface area contributed by atoms with E-state index in [0.29, 0.717) is 16.5 Å². The number of hydrogen-bond acceptors (Lipinski definition) is 3. The Hall–Kier alpha value is -2.24. The van der Waals surface area contributed by atoms with Crippen LogP contribution in [0.15, 0.2) is 42.5 Å². The van der Waals surface area contributed by atoms with E-state index >= 15 is 0 Å². The molecule has 0 heterocycles. The van der Waals surface area contributed by atoms with E-state index in [0.717, 1.165) is 11.3 Å². The van der Waals surface area contributed by atoms with Crippen LogP contribution in [0.1, 0.15) is 25.5 Å². The van der Waals surface area contributed by atoms with Crippen molar-refractivity contribution >= 4 is 23.2 Å². The highest BCUT2D eigenvalue weighted by atomic mass is 35.5. The second kappa shape index (κ2) is 8.74. The van der Waals surface area contributed by atoms with Crippen LogP contribution >= 0.6 is 11.6 Å². The molecule has 134 valence electrons. The molecule has 3 N–H and O–H groups in total. The molecule has 0 fully saturated rings. The molecule has 6 heteroatoms. The molecule has 0 spiro atoms. The van der Waals surface area contributed by atoms with E-state index in [1.807, 2.05) is 43.4 Å². The Morgan fingerprint density at radius 3 is 2.44 bits per heavy atom. The van der Waals surface area contributed by atoms with Crippen molar-refractivity contribution in [3.63, 3.8) is 0 Å². The Labute approximate surface area is 153 Å². The Morgan fingerprint density at radius 2 is 1.76 bits per heavy atom. The number of nitrogens with one attached hydrogen (secondary N) is 1. The van der Waals surface area contributed by atoms with Gasteiger partial charge in [0, 0.05) is 5.02 Å². The van der Waals surface area contributed by atoms with E-state index in [1.54, 1.807) is 32.4 Å². The summed E-state index contributed by atoms with van der Waals surface area (Å²) in [5, 5.41) is 5.40. The fourth-order valence-corrected chi connectivity index (χ4v) is 2.86. The van der Waals surface area contributed by atoms with E-state index in [9.17, 15) is 4.79 Å². The number of quaternary nitrogens is 1. The smallest absolute Gasteiger partial charge is 0.282 e. The van der Waals surface area contributed by atoms with Crippen molar-refractivity contribution in [1.82, 2.24) is 0 Å². The molecule has 0 aliphatic rings. The predicted octanol–water partition coefficient (Wildman–Crippen LogP) is 3.01. The lowest BCUT2D eigenvalue weighted by Crippen LogP contribution is -2.91. The van der Waals surface area contributed by atoms with Crippen LogP contribution in [0.3, 0.4) is 0 Å². The lowest BCUT2D eigenvalue weighted by molar-refractivity contribution is -0.709. The zero-order valence-corrected chi connectivity index (χ0v) is 15.6. The molecule has 0 bridgehead atoms. The number of amides is 1. The van der Waals surface area contributed by atoms with Gasteiger partial charge in [-0.2, -0.15) is 0 Å². The van der Waals surface area contributed by atoms with Gasteiger partial charge in [0.2, 0.25) is 0 Å². The molecule has 0 aliphatic heterocycles. The molecule has 0 radical (unpaired) electrons. The van der Waals surface area contributed by atoms with Crippen LogP contribution in [0, 0.1) is 0 Å².